The molecular formula is C13H11NO2. The van der Waals surface area contributed by atoms with E-state index in [0.29, 0.717) is 0 Å². The Hall–Kier alpha value is -1.87. The third-order valence-electron chi connectivity index (χ3n) is 2.81. The average molecular weight is 213 g/mol. The summed E-state index contributed by atoms with van der Waals surface area (Å²) in [6, 6.07) is 14.4. The van der Waals surface area contributed by atoms with Crippen LogP contribution >= 0.6 is 0 Å². The molecule has 1 atom stereocenters. The standard InChI is InChI=1S/C13H11NO2/c1-9-13(15-16-14-9)12-8-4-6-10-5-2-3-7-11(10)12/h2-8,13H,1H3. The zero-order valence-electron chi connectivity index (χ0n) is 8.88. The molecule has 0 amide bonds. The largest absolute Gasteiger partial charge is 0.220 e. The Kier molecular flexibility index (Phi) is 2.11. The third kappa shape index (κ3) is 1.37. The van der Waals surface area contributed by atoms with Gasteiger partial charge in [-0.3, -0.25) is 0 Å². The minimum atomic E-state index is -0.189. The third-order valence-corrected chi connectivity index (χ3v) is 2.81. The summed E-state index contributed by atoms with van der Waals surface area (Å²) in [5, 5.41) is 6.17. The summed E-state index contributed by atoms with van der Waals surface area (Å²) in [5.41, 5.74) is 1.94. The first-order valence-electron chi connectivity index (χ1n) is 5.21. The summed E-state index contributed by atoms with van der Waals surface area (Å²) >= 11 is 0. The lowest BCUT2D eigenvalue weighted by Crippen LogP contribution is -2.06. The predicted molar refractivity (Wildman–Crippen MR) is 62.0 cm³/mol. The molecule has 0 fully saturated rings. The van der Waals surface area contributed by atoms with E-state index < -0.39 is 0 Å². The van der Waals surface area contributed by atoms with E-state index in [0.717, 1.165) is 11.3 Å². The summed E-state index contributed by atoms with van der Waals surface area (Å²) in [6.45, 7) is 1.90. The zero-order chi connectivity index (χ0) is 11.0. The van der Waals surface area contributed by atoms with E-state index in [1.165, 1.54) is 10.8 Å². The lowest BCUT2D eigenvalue weighted by atomic mass is 9.98. The monoisotopic (exact) mass is 213 g/mol. The van der Waals surface area contributed by atoms with Crippen LogP contribution in [0.2, 0.25) is 0 Å². The van der Waals surface area contributed by atoms with Gasteiger partial charge in [0, 0.05) is 0 Å². The van der Waals surface area contributed by atoms with Crippen LogP contribution in [0.4, 0.5) is 0 Å². The van der Waals surface area contributed by atoms with Crippen LogP contribution in [0.15, 0.2) is 47.6 Å². The van der Waals surface area contributed by atoms with Crippen LogP contribution in [-0.2, 0) is 9.88 Å². The maximum Gasteiger partial charge on any atom is 0.174 e. The smallest absolute Gasteiger partial charge is 0.174 e. The Labute approximate surface area is 93.2 Å². The van der Waals surface area contributed by atoms with Gasteiger partial charge in [-0.2, -0.15) is 0 Å². The van der Waals surface area contributed by atoms with Gasteiger partial charge in [-0.15, -0.1) is 4.89 Å². The van der Waals surface area contributed by atoms with E-state index in [2.05, 4.69) is 28.3 Å². The molecule has 80 valence electrons. The molecule has 2 aromatic carbocycles. The summed E-state index contributed by atoms with van der Waals surface area (Å²) in [6.07, 6.45) is -0.189. The summed E-state index contributed by atoms with van der Waals surface area (Å²) < 4.78 is 0. The van der Waals surface area contributed by atoms with E-state index in [1.54, 1.807) is 0 Å². The lowest BCUT2D eigenvalue weighted by molar-refractivity contribution is -0.293. The van der Waals surface area contributed by atoms with Crippen molar-refractivity contribution in [1.82, 2.24) is 0 Å². The molecule has 3 nitrogen and oxygen atoms in total. The van der Waals surface area contributed by atoms with Crippen LogP contribution < -0.4 is 0 Å². The van der Waals surface area contributed by atoms with Crippen LogP contribution in [0, 0.1) is 0 Å². The van der Waals surface area contributed by atoms with Crippen LogP contribution in [0.5, 0.6) is 0 Å². The highest BCUT2D eigenvalue weighted by Gasteiger charge is 2.24. The molecule has 0 aliphatic carbocycles. The number of hydrogen-bond acceptors (Lipinski definition) is 3. The van der Waals surface area contributed by atoms with Crippen molar-refractivity contribution in [3.05, 3.63) is 48.0 Å². The van der Waals surface area contributed by atoms with Crippen molar-refractivity contribution < 1.29 is 9.88 Å². The van der Waals surface area contributed by atoms with Gasteiger partial charge in [0.2, 0.25) is 0 Å². The van der Waals surface area contributed by atoms with E-state index in [-0.39, 0.29) is 6.10 Å². The molecule has 2 aromatic rings. The number of fused-ring (bicyclic) bond motifs is 1. The maximum absolute atomic E-state index is 5.16. The summed E-state index contributed by atoms with van der Waals surface area (Å²) in [5.74, 6) is 0. The lowest BCUT2D eigenvalue weighted by Gasteiger charge is -2.10. The first kappa shape index (κ1) is 9.36. The van der Waals surface area contributed by atoms with Crippen molar-refractivity contribution in [2.75, 3.05) is 0 Å². The SMILES string of the molecule is CC1=NOOC1c1cccc2ccccc12. The number of oxime groups is 1. The second kappa shape index (κ2) is 3.61. The number of benzene rings is 2. The molecule has 3 rings (SSSR count). The van der Waals surface area contributed by atoms with E-state index in [9.17, 15) is 0 Å². The predicted octanol–water partition coefficient (Wildman–Crippen LogP) is 3.22. The van der Waals surface area contributed by atoms with Crippen LogP contribution in [0.25, 0.3) is 10.8 Å². The molecule has 1 aliphatic rings. The molecular weight excluding hydrogens is 202 g/mol. The normalized spacial score (nSPS) is 19.6. The molecule has 0 N–H and O–H groups in total. The first-order valence-corrected chi connectivity index (χ1v) is 5.21. The van der Waals surface area contributed by atoms with E-state index in [1.807, 2.05) is 31.2 Å². The van der Waals surface area contributed by atoms with Gasteiger partial charge >= 0.3 is 0 Å². The van der Waals surface area contributed by atoms with Gasteiger partial charge in [-0.1, -0.05) is 47.6 Å². The molecule has 0 saturated heterocycles. The highest BCUT2D eigenvalue weighted by Crippen LogP contribution is 2.30. The number of nitrogens with zero attached hydrogens (tertiary/aromatic N) is 1. The van der Waals surface area contributed by atoms with Gasteiger partial charge < -0.3 is 0 Å². The highest BCUT2D eigenvalue weighted by atomic mass is 17.3. The van der Waals surface area contributed by atoms with Crippen molar-refractivity contribution in [3.8, 4) is 0 Å². The van der Waals surface area contributed by atoms with Crippen molar-refractivity contribution in [2.45, 2.75) is 13.0 Å². The highest BCUT2D eigenvalue weighted by molar-refractivity contribution is 5.94. The molecule has 1 aliphatic heterocycles. The Bertz CT molecular complexity index is 557. The Morgan fingerprint density at radius 1 is 1.06 bits per heavy atom. The van der Waals surface area contributed by atoms with Crippen LogP contribution in [0.3, 0.4) is 0 Å². The molecule has 3 heteroatoms. The summed E-state index contributed by atoms with van der Waals surface area (Å²) in [7, 11) is 0. The van der Waals surface area contributed by atoms with Gasteiger partial charge in [0.25, 0.3) is 0 Å². The fourth-order valence-corrected chi connectivity index (χ4v) is 2.00. The van der Waals surface area contributed by atoms with Gasteiger partial charge in [-0.25, -0.2) is 4.99 Å². The van der Waals surface area contributed by atoms with Crippen LogP contribution in [-0.4, -0.2) is 5.71 Å². The van der Waals surface area contributed by atoms with Crippen molar-refractivity contribution >= 4 is 16.5 Å². The zero-order valence-corrected chi connectivity index (χ0v) is 8.88. The summed E-state index contributed by atoms with van der Waals surface area (Å²) in [4.78, 5) is 9.82. The average Bonchev–Trinajstić information content (AvgIpc) is 2.75. The van der Waals surface area contributed by atoms with Gasteiger partial charge in [-0.05, 0) is 23.3 Å². The molecule has 0 spiro atoms. The van der Waals surface area contributed by atoms with Crippen molar-refractivity contribution in [3.63, 3.8) is 0 Å². The fourth-order valence-electron chi connectivity index (χ4n) is 2.00. The van der Waals surface area contributed by atoms with Crippen LogP contribution in [0.1, 0.15) is 18.6 Å². The molecule has 0 radical (unpaired) electrons. The quantitative estimate of drug-likeness (QED) is 0.681. The van der Waals surface area contributed by atoms with Gasteiger partial charge in [0.05, 0.1) is 5.71 Å². The number of rotatable bonds is 1. The first-order chi connectivity index (χ1) is 7.86. The van der Waals surface area contributed by atoms with Crippen molar-refractivity contribution in [2.24, 2.45) is 5.16 Å². The second-order valence-electron chi connectivity index (χ2n) is 3.85. The van der Waals surface area contributed by atoms with Gasteiger partial charge in [0.15, 0.2) is 6.10 Å². The Morgan fingerprint density at radius 2 is 1.88 bits per heavy atom. The Balaban J connectivity index is 2.20. The fraction of sp³-hybridized carbons (Fsp3) is 0.154. The topological polar surface area (TPSA) is 30.8 Å². The number of hydrogen-bond donors (Lipinski definition) is 0. The Morgan fingerprint density at radius 3 is 2.69 bits per heavy atom. The second-order valence-corrected chi connectivity index (χ2v) is 3.85. The molecule has 1 heterocycles. The molecule has 1 unspecified atom stereocenters. The van der Waals surface area contributed by atoms with E-state index in [4.69, 9.17) is 4.89 Å². The maximum atomic E-state index is 5.16. The molecule has 0 aromatic heterocycles. The van der Waals surface area contributed by atoms with E-state index >= 15 is 0 Å². The molecule has 16 heavy (non-hydrogen) atoms. The minimum Gasteiger partial charge on any atom is -0.220 e. The molecule has 0 bridgehead atoms. The minimum absolute atomic E-state index is 0.189. The van der Waals surface area contributed by atoms with Crippen molar-refractivity contribution in [1.29, 1.82) is 0 Å². The molecule has 0 saturated carbocycles. The van der Waals surface area contributed by atoms with Gasteiger partial charge in [0.1, 0.15) is 0 Å².